The van der Waals surface area contributed by atoms with Crippen molar-refractivity contribution in [2.75, 3.05) is 0 Å². The van der Waals surface area contributed by atoms with E-state index in [1.54, 1.807) is 0 Å². The van der Waals surface area contributed by atoms with Crippen molar-refractivity contribution in [2.24, 2.45) is 0 Å². The fraction of sp³-hybridized carbons (Fsp3) is 0.0244. The zero-order chi connectivity index (χ0) is 28.8. The van der Waals surface area contributed by atoms with Gasteiger partial charge >= 0.3 is 0 Å². The molecule has 0 saturated heterocycles. The van der Waals surface area contributed by atoms with Gasteiger partial charge in [0.25, 0.3) is 0 Å². The van der Waals surface area contributed by atoms with E-state index in [9.17, 15) is 0 Å². The lowest BCUT2D eigenvalue weighted by Gasteiger charge is -2.40. The fourth-order valence-electron chi connectivity index (χ4n) is 7.84. The Morgan fingerprint density at radius 3 is 1.86 bits per heavy atom. The van der Waals surface area contributed by atoms with Gasteiger partial charge in [-0.15, -0.1) is 0 Å². The highest BCUT2D eigenvalue weighted by atomic mass is 16.5. The maximum absolute atomic E-state index is 6.63. The molecule has 0 unspecified atom stereocenters. The van der Waals surface area contributed by atoms with Crippen LogP contribution in [-0.4, -0.2) is 9.97 Å². The monoisotopic (exact) mass is 560 g/mol. The Labute approximate surface area is 254 Å². The van der Waals surface area contributed by atoms with Gasteiger partial charge in [-0.3, -0.25) is 9.97 Å². The molecule has 0 N–H and O–H groups in total. The second kappa shape index (κ2) is 8.62. The first-order valence-corrected chi connectivity index (χ1v) is 15.0. The van der Waals surface area contributed by atoms with Gasteiger partial charge in [-0.2, -0.15) is 0 Å². The molecular weight excluding hydrogens is 536 g/mol. The third-order valence-corrected chi connectivity index (χ3v) is 9.58. The number of aromatic nitrogens is 2. The Bertz CT molecular complexity index is 2450. The number of para-hydroxylation sites is 2. The maximum Gasteiger partial charge on any atom is 0.132 e. The van der Waals surface area contributed by atoms with Gasteiger partial charge in [0.2, 0.25) is 0 Å². The summed E-state index contributed by atoms with van der Waals surface area (Å²) in [5, 5.41) is 4.71. The summed E-state index contributed by atoms with van der Waals surface area (Å²) in [6.07, 6.45) is 3.75. The Kier molecular flexibility index (Phi) is 4.65. The molecule has 0 fully saturated rings. The predicted octanol–water partition coefficient (Wildman–Crippen LogP) is 10.1. The lowest BCUT2D eigenvalue weighted by atomic mass is 9.65. The SMILES string of the molecule is c1ccc2c(c1)Oc1ccccc1C21c2cc(-c3ccc4ccccc4c3)ccc2-c2c1c1cccnc1c1ncccc21. The first-order valence-electron chi connectivity index (χ1n) is 15.0. The van der Waals surface area contributed by atoms with E-state index in [1.807, 2.05) is 24.5 Å². The van der Waals surface area contributed by atoms with E-state index in [4.69, 9.17) is 14.7 Å². The molecule has 44 heavy (non-hydrogen) atoms. The van der Waals surface area contributed by atoms with Crippen LogP contribution in [0.2, 0.25) is 0 Å². The molecule has 1 aliphatic carbocycles. The average Bonchev–Trinajstić information content (AvgIpc) is 3.39. The van der Waals surface area contributed by atoms with Crippen LogP contribution in [0.4, 0.5) is 0 Å². The van der Waals surface area contributed by atoms with Crippen LogP contribution in [-0.2, 0) is 5.41 Å². The van der Waals surface area contributed by atoms with Crippen LogP contribution in [0.5, 0.6) is 11.5 Å². The van der Waals surface area contributed by atoms with Crippen LogP contribution in [0.3, 0.4) is 0 Å². The minimum absolute atomic E-state index is 0.617. The smallest absolute Gasteiger partial charge is 0.132 e. The molecule has 2 aliphatic rings. The van der Waals surface area contributed by atoms with Crippen LogP contribution in [0.25, 0.3) is 54.8 Å². The number of fused-ring (bicyclic) bond motifs is 15. The summed E-state index contributed by atoms with van der Waals surface area (Å²) < 4.78 is 6.63. The van der Waals surface area contributed by atoms with Gasteiger partial charge < -0.3 is 4.74 Å². The van der Waals surface area contributed by atoms with Gasteiger partial charge in [0.15, 0.2) is 0 Å². The summed E-state index contributed by atoms with van der Waals surface area (Å²) in [7, 11) is 0. The largest absolute Gasteiger partial charge is 0.457 e. The molecule has 0 atom stereocenters. The van der Waals surface area contributed by atoms with E-state index >= 15 is 0 Å². The molecule has 3 heterocycles. The molecule has 0 amide bonds. The van der Waals surface area contributed by atoms with Crippen molar-refractivity contribution in [3.05, 3.63) is 168 Å². The summed E-state index contributed by atoms with van der Waals surface area (Å²) in [5.41, 5.74) is 10.8. The van der Waals surface area contributed by atoms with E-state index < -0.39 is 5.41 Å². The van der Waals surface area contributed by atoms with E-state index in [0.717, 1.165) is 44.4 Å². The molecule has 0 saturated carbocycles. The summed E-state index contributed by atoms with van der Waals surface area (Å²) in [6, 6.07) is 47.9. The Hall–Kier alpha value is -5.80. The first-order chi connectivity index (χ1) is 21.8. The lowest BCUT2D eigenvalue weighted by molar-refractivity contribution is 0.437. The van der Waals surface area contributed by atoms with Crippen LogP contribution < -0.4 is 4.74 Å². The zero-order valence-electron chi connectivity index (χ0n) is 23.7. The Balaban J connectivity index is 1.41. The Morgan fingerprint density at radius 1 is 0.477 bits per heavy atom. The molecule has 3 heteroatoms. The number of rotatable bonds is 1. The molecule has 0 bridgehead atoms. The van der Waals surface area contributed by atoms with E-state index in [1.165, 1.54) is 44.2 Å². The number of ether oxygens (including phenoxy) is 1. The minimum atomic E-state index is -0.617. The van der Waals surface area contributed by atoms with Crippen molar-refractivity contribution in [1.82, 2.24) is 9.97 Å². The fourth-order valence-corrected chi connectivity index (χ4v) is 7.84. The van der Waals surface area contributed by atoms with Crippen LogP contribution >= 0.6 is 0 Å². The predicted molar refractivity (Wildman–Crippen MR) is 177 cm³/mol. The molecule has 3 nitrogen and oxygen atoms in total. The van der Waals surface area contributed by atoms with Gasteiger partial charge in [-0.25, -0.2) is 0 Å². The molecule has 8 aromatic rings. The van der Waals surface area contributed by atoms with Gasteiger partial charge in [0, 0.05) is 34.3 Å². The lowest BCUT2D eigenvalue weighted by Crippen LogP contribution is -2.32. The maximum atomic E-state index is 6.63. The number of hydrogen-bond acceptors (Lipinski definition) is 3. The van der Waals surface area contributed by atoms with Crippen LogP contribution in [0.15, 0.2) is 146 Å². The van der Waals surface area contributed by atoms with Gasteiger partial charge in [-0.05, 0) is 80.6 Å². The highest BCUT2D eigenvalue weighted by Crippen LogP contribution is 2.64. The first kappa shape index (κ1) is 23.7. The average molecular weight is 561 g/mol. The number of benzene rings is 6. The molecule has 1 spiro atoms. The van der Waals surface area contributed by atoms with Gasteiger partial charge in [0.1, 0.15) is 11.5 Å². The molecule has 6 aromatic carbocycles. The van der Waals surface area contributed by atoms with Crippen molar-refractivity contribution in [3.63, 3.8) is 0 Å². The van der Waals surface area contributed by atoms with E-state index in [-0.39, 0.29) is 0 Å². The molecule has 10 rings (SSSR count). The van der Waals surface area contributed by atoms with Gasteiger partial charge in [0.05, 0.1) is 16.4 Å². The van der Waals surface area contributed by atoms with Crippen molar-refractivity contribution in [1.29, 1.82) is 0 Å². The van der Waals surface area contributed by atoms with E-state index in [0.29, 0.717) is 0 Å². The summed E-state index contributed by atoms with van der Waals surface area (Å²) in [5.74, 6) is 1.76. The molecule has 0 radical (unpaired) electrons. The molecular formula is C41H24N2O. The molecule has 1 aliphatic heterocycles. The standard InChI is InChI=1S/C41H24N2O/c1-2-10-26-23-27(18-17-25(26)9-1)28-19-20-29-34(24-28)41(32-13-3-5-15-35(32)44-36-16-6-4-14-33(36)41)38-31-12-8-22-43-40(31)39-30(37(29)38)11-7-21-42-39/h1-24H. The number of nitrogens with zero attached hydrogens (tertiary/aromatic N) is 2. The van der Waals surface area contributed by atoms with Gasteiger partial charge in [-0.1, -0.05) is 97.1 Å². The van der Waals surface area contributed by atoms with Crippen molar-refractivity contribution in [2.45, 2.75) is 5.41 Å². The normalized spacial score (nSPS) is 13.8. The second-order valence-corrected chi connectivity index (χ2v) is 11.7. The quantitative estimate of drug-likeness (QED) is 0.187. The third-order valence-electron chi connectivity index (χ3n) is 9.58. The highest BCUT2D eigenvalue weighted by molar-refractivity contribution is 6.16. The topological polar surface area (TPSA) is 35.0 Å². The number of hydrogen-bond donors (Lipinski definition) is 0. The number of pyridine rings is 2. The molecule has 204 valence electrons. The van der Waals surface area contributed by atoms with E-state index in [2.05, 4.69) is 121 Å². The summed E-state index contributed by atoms with van der Waals surface area (Å²) in [6.45, 7) is 0. The minimum Gasteiger partial charge on any atom is -0.457 e. The molecule has 2 aromatic heterocycles. The zero-order valence-corrected chi connectivity index (χ0v) is 23.7. The van der Waals surface area contributed by atoms with Crippen LogP contribution in [0.1, 0.15) is 22.3 Å². The van der Waals surface area contributed by atoms with Crippen molar-refractivity contribution in [3.8, 4) is 33.8 Å². The summed E-state index contributed by atoms with van der Waals surface area (Å²) >= 11 is 0. The van der Waals surface area contributed by atoms with Crippen LogP contribution in [0, 0.1) is 0 Å². The van der Waals surface area contributed by atoms with Crippen molar-refractivity contribution >= 4 is 32.6 Å². The highest BCUT2D eigenvalue weighted by Gasteiger charge is 2.52. The second-order valence-electron chi connectivity index (χ2n) is 11.7. The summed E-state index contributed by atoms with van der Waals surface area (Å²) in [4.78, 5) is 9.83. The third kappa shape index (κ3) is 2.96. The Morgan fingerprint density at radius 2 is 1.09 bits per heavy atom. The van der Waals surface area contributed by atoms with Crippen molar-refractivity contribution < 1.29 is 4.74 Å².